The average molecular weight is 393 g/mol. The van der Waals surface area contributed by atoms with Gasteiger partial charge in [-0.25, -0.2) is 15.0 Å². The fourth-order valence-corrected chi connectivity index (χ4v) is 2.68. The molecule has 0 aromatic carbocycles. The molecule has 0 saturated heterocycles. The first-order valence-electron chi connectivity index (χ1n) is 8.97. The van der Waals surface area contributed by atoms with Crippen LogP contribution in [0.1, 0.15) is 21.9 Å². The van der Waals surface area contributed by atoms with Gasteiger partial charge in [-0.15, -0.1) is 0 Å². The van der Waals surface area contributed by atoms with E-state index in [1.165, 1.54) is 18.7 Å². The number of hydrogen-bond acceptors (Lipinski definition) is 8. The molecule has 2 N–H and O–H groups in total. The SMILES string of the molecule is Cc1ncn(-c2cc(NCCNC(=O)c3cc(-c4ccco4)on3)ncn2)c1C. The molecule has 0 aliphatic carbocycles. The van der Waals surface area contributed by atoms with Gasteiger partial charge in [-0.05, 0) is 26.0 Å². The normalized spacial score (nSPS) is 10.8. The second-order valence-corrected chi connectivity index (χ2v) is 6.28. The molecule has 4 aromatic rings. The second-order valence-electron chi connectivity index (χ2n) is 6.28. The molecule has 0 unspecified atom stereocenters. The minimum atomic E-state index is -0.332. The van der Waals surface area contributed by atoms with Gasteiger partial charge in [0.15, 0.2) is 11.5 Å². The Bertz CT molecular complexity index is 1110. The van der Waals surface area contributed by atoms with Crippen molar-refractivity contribution in [1.29, 1.82) is 0 Å². The zero-order chi connectivity index (χ0) is 20.2. The van der Waals surface area contributed by atoms with Crippen LogP contribution in [0.2, 0.25) is 0 Å². The lowest BCUT2D eigenvalue weighted by atomic mass is 10.3. The lowest BCUT2D eigenvalue weighted by molar-refractivity contribution is 0.0946. The third-order valence-corrected chi connectivity index (χ3v) is 4.37. The number of carbonyl (C=O) groups is 1. The number of carbonyl (C=O) groups excluding carboxylic acids is 1. The Morgan fingerprint density at radius 2 is 2.03 bits per heavy atom. The van der Waals surface area contributed by atoms with Gasteiger partial charge in [-0.1, -0.05) is 5.16 Å². The van der Waals surface area contributed by atoms with Gasteiger partial charge in [0.05, 0.1) is 12.0 Å². The fraction of sp³-hybridized carbons (Fsp3) is 0.211. The molecular formula is C19H19N7O3. The molecule has 0 bridgehead atoms. The Labute approximate surface area is 166 Å². The van der Waals surface area contributed by atoms with Gasteiger partial charge in [0, 0.05) is 30.9 Å². The lowest BCUT2D eigenvalue weighted by Gasteiger charge is -2.09. The summed E-state index contributed by atoms with van der Waals surface area (Å²) in [6, 6.07) is 6.82. The second kappa shape index (κ2) is 7.97. The van der Waals surface area contributed by atoms with E-state index in [1.54, 1.807) is 18.5 Å². The van der Waals surface area contributed by atoms with Gasteiger partial charge in [0.25, 0.3) is 5.91 Å². The molecule has 29 heavy (non-hydrogen) atoms. The number of anilines is 1. The topological polar surface area (TPSA) is 124 Å². The van der Waals surface area contributed by atoms with Crippen molar-refractivity contribution in [3.63, 3.8) is 0 Å². The van der Waals surface area contributed by atoms with Crippen molar-refractivity contribution >= 4 is 11.7 Å². The number of aryl methyl sites for hydroxylation is 1. The highest BCUT2D eigenvalue weighted by atomic mass is 16.5. The molecule has 0 saturated carbocycles. The molecule has 4 aromatic heterocycles. The largest absolute Gasteiger partial charge is 0.461 e. The van der Waals surface area contributed by atoms with E-state index in [0.29, 0.717) is 30.4 Å². The van der Waals surface area contributed by atoms with Crippen LogP contribution in [0.4, 0.5) is 5.82 Å². The predicted molar refractivity (Wildman–Crippen MR) is 104 cm³/mol. The smallest absolute Gasteiger partial charge is 0.273 e. The summed E-state index contributed by atoms with van der Waals surface area (Å²) in [6.07, 6.45) is 4.74. The number of nitrogens with zero attached hydrogens (tertiary/aromatic N) is 5. The Morgan fingerprint density at radius 3 is 2.79 bits per heavy atom. The molecule has 10 nitrogen and oxygen atoms in total. The van der Waals surface area contributed by atoms with Crippen molar-refractivity contribution in [2.75, 3.05) is 18.4 Å². The Morgan fingerprint density at radius 1 is 1.14 bits per heavy atom. The standard InChI is InChI=1S/C19H19N7O3/c1-12-13(2)26(11-24-12)18-9-17(22-10-23-18)20-5-6-21-19(27)14-8-16(29-25-14)15-4-3-7-28-15/h3-4,7-11H,5-6H2,1-2H3,(H,21,27)(H,20,22,23). The Balaban J connectivity index is 1.30. The van der Waals surface area contributed by atoms with Crippen LogP contribution in [0.5, 0.6) is 0 Å². The fourth-order valence-electron chi connectivity index (χ4n) is 2.68. The summed E-state index contributed by atoms with van der Waals surface area (Å²) in [6.45, 7) is 4.78. The van der Waals surface area contributed by atoms with Crippen molar-refractivity contribution in [2.45, 2.75) is 13.8 Å². The molecule has 0 radical (unpaired) electrons. The highest BCUT2D eigenvalue weighted by molar-refractivity contribution is 5.92. The third-order valence-electron chi connectivity index (χ3n) is 4.37. The molecule has 148 valence electrons. The molecule has 0 spiro atoms. The molecule has 10 heteroatoms. The van der Waals surface area contributed by atoms with E-state index in [1.807, 2.05) is 24.5 Å². The number of hydrogen-bond donors (Lipinski definition) is 2. The van der Waals surface area contributed by atoms with Crippen molar-refractivity contribution in [2.24, 2.45) is 0 Å². The van der Waals surface area contributed by atoms with Gasteiger partial charge >= 0.3 is 0 Å². The molecular weight excluding hydrogens is 374 g/mol. The van der Waals surface area contributed by atoms with E-state index in [9.17, 15) is 4.79 Å². The summed E-state index contributed by atoms with van der Waals surface area (Å²) in [5, 5.41) is 9.70. The number of aromatic nitrogens is 5. The van der Waals surface area contributed by atoms with E-state index in [0.717, 1.165) is 17.2 Å². The predicted octanol–water partition coefficient (Wildman–Crippen LogP) is 2.37. The molecule has 0 aliphatic heterocycles. The van der Waals surface area contributed by atoms with Crippen molar-refractivity contribution in [3.05, 3.63) is 60.3 Å². The van der Waals surface area contributed by atoms with E-state index in [2.05, 4.69) is 30.7 Å². The van der Waals surface area contributed by atoms with E-state index < -0.39 is 0 Å². The van der Waals surface area contributed by atoms with Crippen LogP contribution in [-0.4, -0.2) is 43.7 Å². The first-order valence-corrected chi connectivity index (χ1v) is 8.97. The number of amides is 1. The summed E-state index contributed by atoms with van der Waals surface area (Å²) in [5.74, 6) is 1.95. The first-order chi connectivity index (χ1) is 14.1. The van der Waals surface area contributed by atoms with Gasteiger partial charge in [0.2, 0.25) is 5.76 Å². The molecule has 0 atom stereocenters. The van der Waals surface area contributed by atoms with Gasteiger partial charge < -0.3 is 19.6 Å². The van der Waals surface area contributed by atoms with Crippen LogP contribution >= 0.6 is 0 Å². The zero-order valence-corrected chi connectivity index (χ0v) is 15.9. The average Bonchev–Trinajstić information content (AvgIpc) is 3.48. The Hall–Kier alpha value is -3.95. The third kappa shape index (κ3) is 4.00. The van der Waals surface area contributed by atoms with Gasteiger partial charge in [-0.2, -0.15) is 0 Å². The number of furan rings is 1. The van der Waals surface area contributed by atoms with Crippen molar-refractivity contribution in [1.82, 2.24) is 30.0 Å². The van der Waals surface area contributed by atoms with Crippen LogP contribution in [0.25, 0.3) is 17.3 Å². The van der Waals surface area contributed by atoms with Gasteiger partial charge in [-0.3, -0.25) is 9.36 Å². The van der Waals surface area contributed by atoms with Crippen LogP contribution in [-0.2, 0) is 0 Å². The summed E-state index contributed by atoms with van der Waals surface area (Å²) >= 11 is 0. The van der Waals surface area contributed by atoms with E-state index >= 15 is 0 Å². The molecule has 1 amide bonds. The van der Waals surface area contributed by atoms with E-state index in [4.69, 9.17) is 8.94 Å². The highest BCUT2D eigenvalue weighted by Crippen LogP contribution is 2.20. The number of nitrogens with one attached hydrogen (secondary N) is 2. The Kier molecular flexibility index (Phi) is 5.06. The quantitative estimate of drug-likeness (QED) is 0.459. The highest BCUT2D eigenvalue weighted by Gasteiger charge is 2.14. The molecule has 0 aliphatic rings. The maximum atomic E-state index is 12.2. The molecule has 0 fully saturated rings. The van der Waals surface area contributed by atoms with Crippen LogP contribution < -0.4 is 10.6 Å². The first kappa shape index (κ1) is 18.4. The maximum Gasteiger partial charge on any atom is 0.273 e. The summed E-state index contributed by atoms with van der Waals surface area (Å²) in [5.41, 5.74) is 2.15. The maximum absolute atomic E-state index is 12.2. The summed E-state index contributed by atoms with van der Waals surface area (Å²) < 4.78 is 12.2. The lowest BCUT2D eigenvalue weighted by Crippen LogP contribution is -2.29. The number of imidazole rings is 1. The van der Waals surface area contributed by atoms with Crippen molar-refractivity contribution < 1.29 is 13.7 Å². The van der Waals surface area contributed by atoms with Crippen LogP contribution in [0, 0.1) is 13.8 Å². The zero-order valence-electron chi connectivity index (χ0n) is 15.9. The van der Waals surface area contributed by atoms with Crippen LogP contribution in [0.15, 0.2) is 52.1 Å². The van der Waals surface area contributed by atoms with E-state index in [-0.39, 0.29) is 11.6 Å². The minimum absolute atomic E-state index is 0.187. The monoisotopic (exact) mass is 393 g/mol. The molecule has 4 heterocycles. The minimum Gasteiger partial charge on any atom is -0.461 e. The summed E-state index contributed by atoms with van der Waals surface area (Å²) in [7, 11) is 0. The molecule has 4 rings (SSSR count). The summed E-state index contributed by atoms with van der Waals surface area (Å²) in [4.78, 5) is 24.9. The van der Waals surface area contributed by atoms with Crippen molar-refractivity contribution in [3.8, 4) is 17.3 Å². The van der Waals surface area contributed by atoms with Gasteiger partial charge in [0.1, 0.15) is 24.3 Å². The van der Waals surface area contributed by atoms with Crippen LogP contribution in [0.3, 0.4) is 0 Å². The number of rotatable bonds is 7.